The number of hydrogen-bond acceptors (Lipinski definition) is 5. The molecule has 5 nitrogen and oxygen atoms in total. The zero-order chi connectivity index (χ0) is 19.1. The molecular formula is C22H30O5. The van der Waals surface area contributed by atoms with E-state index in [0.717, 1.165) is 43.4 Å². The summed E-state index contributed by atoms with van der Waals surface area (Å²) in [7, 11) is 1.67. The van der Waals surface area contributed by atoms with Crippen LogP contribution in [0.2, 0.25) is 0 Å². The van der Waals surface area contributed by atoms with E-state index in [0.29, 0.717) is 13.0 Å². The van der Waals surface area contributed by atoms with Crippen LogP contribution in [0, 0.1) is 0 Å². The summed E-state index contributed by atoms with van der Waals surface area (Å²) in [5, 5.41) is 0. The molecule has 0 bridgehead atoms. The van der Waals surface area contributed by atoms with E-state index in [-0.39, 0.29) is 30.4 Å². The number of ether oxygens (including phenoxy) is 4. The van der Waals surface area contributed by atoms with Crippen LogP contribution in [-0.4, -0.2) is 37.5 Å². The molecule has 2 aliphatic heterocycles. The van der Waals surface area contributed by atoms with Crippen molar-refractivity contribution in [2.45, 2.75) is 76.5 Å². The van der Waals surface area contributed by atoms with Gasteiger partial charge in [-0.3, -0.25) is 4.79 Å². The summed E-state index contributed by atoms with van der Waals surface area (Å²) in [5.41, 5.74) is 1.16. The van der Waals surface area contributed by atoms with Crippen LogP contribution in [0.5, 0.6) is 5.75 Å². The Labute approximate surface area is 161 Å². The smallest absolute Gasteiger partial charge is 0.308 e. The largest absolute Gasteiger partial charge is 0.497 e. The molecule has 2 aliphatic rings. The first-order chi connectivity index (χ1) is 13.1. The van der Waals surface area contributed by atoms with Gasteiger partial charge >= 0.3 is 5.97 Å². The lowest BCUT2D eigenvalue weighted by Crippen LogP contribution is -2.34. The highest BCUT2D eigenvalue weighted by Crippen LogP contribution is 2.30. The van der Waals surface area contributed by atoms with Crippen LogP contribution in [0.3, 0.4) is 0 Å². The second-order valence-electron chi connectivity index (χ2n) is 7.35. The molecule has 3 rings (SSSR count). The van der Waals surface area contributed by atoms with Gasteiger partial charge in [-0.25, -0.2) is 0 Å². The first-order valence-corrected chi connectivity index (χ1v) is 9.90. The van der Waals surface area contributed by atoms with Gasteiger partial charge in [0.05, 0.1) is 32.3 Å². The van der Waals surface area contributed by atoms with Crippen LogP contribution in [0.25, 0.3) is 0 Å². The maximum Gasteiger partial charge on any atom is 0.308 e. The molecule has 2 heterocycles. The van der Waals surface area contributed by atoms with E-state index in [4.69, 9.17) is 18.9 Å². The van der Waals surface area contributed by atoms with Crippen molar-refractivity contribution in [2.24, 2.45) is 0 Å². The number of methoxy groups -OCH3 is 1. The van der Waals surface area contributed by atoms with Gasteiger partial charge in [-0.05, 0) is 56.7 Å². The lowest BCUT2D eigenvalue weighted by molar-refractivity contribution is -0.144. The monoisotopic (exact) mass is 374 g/mol. The molecule has 0 spiro atoms. The Balaban J connectivity index is 1.28. The van der Waals surface area contributed by atoms with E-state index in [1.165, 1.54) is 0 Å². The predicted molar refractivity (Wildman–Crippen MR) is 103 cm³/mol. The number of hydrogen-bond donors (Lipinski definition) is 0. The van der Waals surface area contributed by atoms with Gasteiger partial charge < -0.3 is 18.9 Å². The van der Waals surface area contributed by atoms with Gasteiger partial charge in [-0.2, -0.15) is 0 Å². The van der Waals surface area contributed by atoms with Gasteiger partial charge in [-0.15, -0.1) is 0 Å². The summed E-state index contributed by atoms with van der Waals surface area (Å²) in [6.07, 6.45) is 9.96. The van der Waals surface area contributed by atoms with E-state index < -0.39 is 0 Å². The van der Waals surface area contributed by atoms with Crippen LogP contribution in [0.15, 0.2) is 36.4 Å². The molecule has 2 fully saturated rings. The molecule has 0 radical (unpaired) electrons. The number of esters is 1. The Bertz CT molecular complexity index is 624. The molecule has 4 atom stereocenters. The molecule has 1 aromatic rings. The summed E-state index contributed by atoms with van der Waals surface area (Å²) in [5.74, 6) is 0.737. The predicted octanol–water partition coefficient (Wildman–Crippen LogP) is 4.19. The fraction of sp³-hybridized carbons (Fsp3) is 0.591. The summed E-state index contributed by atoms with van der Waals surface area (Å²) in [6, 6.07) is 7.98. The van der Waals surface area contributed by atoms with Crippen LogP contribution in [0.1, 0.15) is 51.0 Å². The van der Waals surface area contributed by atoms with Gasteiger partial charge in [0.25, 0.3) is 0 Å². The van der Waals surface area contributed by atoms with Crippen molar-refractivity contribution in [2.75, 3.05) is 7.11 Å². The number of fused-ring (bicyclic) bond motifs is 1. The molecule has 0 aliphatic carbocycles. The molecule has 0 amide bonds. The van der Waals surface area contributed by atoms with Gasteiger partial charge in [0.1, 0.15) is 18.0 Å². The standard InChI is InChI=1S/C22H30O5/c1-16(25-15-17-8-10-18(24-2)11-9-17)6-4-3-5-7-19-12-13-20-21(26-19)14-22(23)27-20/h5,7-11,16,19-21H,3-4,6,12-15H2,1-2H3/b7-5+/t16-,19-,20-,21-/m0/s1. The number of unbranched alkanes of at least 4 members (excludes halogenated alkanes) is 1. The summed E-state index contributed by atoms with van der Waals surface area (Å²) >= 11 is 0. The van der Waals surface area contributed by atoms with Crippen molar-refractivity contribution in [3.05, 3.63) is 42.0 Å². The van der Waals surface area contributed by atoms with E-state index in [1.54, 1.807) is 7.11 Å². The van der Waals surface area contributed by atoms with Crippen LogP contribution < -0.4 is 4.74 Å². The molecule has 0 N–H and O–H groups in total. The summed E-state index contributed by atoms with van der Waals surface area (Å²) < 4.78 is 22.3. The Hall–Kier alpha value is -1.85. The number of benzene rings is 1. The van der Waals surface area contributed by atoms with Gasteiger partial charge in [0.15, 0.2) is 0 Å². The average Bonchev–Trinajstić information content (AvgIpc) is 3.05. The molecule has 148 valence electrons. The molecule has 27 heavy (non-hydrogen) atoms. The lowest BCUT2D eigenvalue weighted by Gasteiger charge is -2.28. The number of carbonyl (C=O) groups excluding carboxylic acids is 1. The minimum absolute atomic E-state index is 0.0224. The summed E-state index contributed by atoms with van der Waals surface area (Å²) in [4.78, 5) is 11.3. The number of allylic oxidation sites excluding steroid dienone is 1. The SMILES string of the molecule is COc1ccc(CO[C@@H](C)CCC/C=C/[C@H]2CC[C@@H]3OC(=O)C[C@@H]3O2)cc1. The minimum atomic E-state index is -0.127. The van der Waals surface area contributed by atoms with Crippen molar-refractivity contribution in [3.63, 3.8) is 0 Å². The quantitative estimate of drug-likeness (QED) is 0.368. The molecule has 1 aromatic carbocycles. The molecule has 2 saturated heterocycles. The van der Waals surface area contributed by atoms with Gasteiger partial charge in [0.2, 0.25) is 0 Å². The van der Waals surface area contributed by atoms with E-state index in [1.807, 2.05) is 24.3 Å². The van der Waals surface area contributed by atoms with Gasteiger partial charge in [-0.1, -0.05) is 24.3 Å². The minimum Gasteiger partial charge on any atom is -0.497 e. The number of rotatable bonds is 9. The normalized spacial score (nSPS) is 26.0. The van der Waals surface area contributed by atoms with Crippen LogP contribution in [-0.2, 0) is 25.6 Å². The molecule has 5 heteroatoms. The van der Waals surface area contributed by atoms with Gasteiger partial charge in [0, 0.05) is 0 Å². The lowest BCUT2D eigenvalue weighted by atomic mass is 10.0. The van der Waals surface area contributed by atoms with Crippen molar-refractivity contribution in [3.8, 4) is 5.75 Å². The highest BCUT2D eigenvalue weighted by Gasteiger charge is 2.39. The number of carbonyl (C=O) groups is 1. The zero-order valence-corrected chi connectivity index (χ0v) is 16.3. The van der Waals surface area contributed by atoms with Crippen molar-refractivity contribution in [1.82, 2.24) is 0 Å². The van der Waals surface area contributed by atoms with E-state index in [9.17, 15) is 4.79 Å². The Morgan fingerprint density at radius 3 is 2.81 bits per heavy atom. The third kappa shape index (κ3) is 6.08. The van der Waals surface area contributed by atoms with Crippen molar-refractivity contribution < 1.29 is 23.7 Å². The molecular weight excluding hydrogens is 344 g/mol. The van der Waals surface area contributed by atoms with Crippen LogP contribution >= 0.6 is 0 Å². The first kappa shape index (κ1) is 19.9. The third-order valence-electron chi connectivity index (χ3n) is 5.18. The average molecular weight is 374 g/mol. The first-order valence-electron chi connectivity index (χ1n) is 9.90. The van der Waals surface area contributed by atoms with Crippen molar-refractivity contribution >= 4 is 5.97 Å². The summed E-state index contributed by atoms with van der Waals surface area (Å²) in [6.45, 7) is 2.75. The second kappa shape index (κ2) is 9.90. The molecule has 0 saturated carbocycles. The Morgan fingerprint density at radius 1 is 1.22 bits per heavy atom. The maximum absolute atomic E-state index is 11.3. The van der Waals surface area contributed by atoms with Crippen LogP contribution in [0.4, 0.5) is 0 Å². The zero-order valence-electron chi connectivity index (χ0n) is 16.3. The maximum atomic E-state index is 11.3. The third-order valence-corrected chi connectivity index (χ3v) is 5.18. The van der Waals surface area contributed by atoms with E-state index >= 15 is 0 Å². The molecule has 0 aromatic heterocycles. The molecule has 0 unspecified atom stereocenters. The highest BCUT2D eigenvalue weighted by molar-refractivity contribution is 5.72. The topological polar surface area (TPSA) is 54.0 Å². The Kier molecular flexibility index (Phi) is 7.30. The highest BCUT2D eigenvalue weighted by atomic mass is 16.6. The second-order valence-corrected chi connectivity index (χ2v) is 7.35. The fourth-order valence-corrected chi connectivity index (χ4v) is 3.55. The van der Waals surface area contributed by atoms with E-state index in [2.05, 4.69) is 19.1 Å². The fourth-order valence-electron chi connectivity index (χ4n) is 3.55. The Morgan fingerprint density at radius 2 is 2.04 bits per heavy atom. The van der Waals surface area contributed by atoms with Crippen molar-refractivity contribution in [1.29, 1.82) is 0 Å².